The van der Waals surface area contributed by atoms with Gasteiger partial charge in [0.25, 0.3) is 0 Å². The van der Waals surface area contributed by atoms with Crippen LogP contribution < -0.4 is 14.9 Å². The minimum absolute atomic E-state index is 0.755. The second kappa shape index (κ2) is 8.02. The molecular formula is C34H27N2OSi+. The fourth-order valence-electron chi connectivity index (χ4n) is 6.32. The summed E-state index contributed by atoms with van der Waals surface area (Å²) in [5, 5.41) is 5.02. The molecular weight excluding hydrogens is 480 g/mol. The van der Waals surface area contributed by atoms with Crippen LogP contribution in [0, 0.1) is 13.5 Å². The van der Waals surface area contributed by atoms with Crippen LogP contribution in [0.3, 0.4) is 0 Å². The SMILES string of the molecule is [C-]#[N+]c1cccc2c1-c1ccc(-c3cccc4c3oc3c(-c5cccc[n+]5C)c(C)ccc34)cc1[Si]2(C)C. The number of aromatic nitrogens is 1. The smallest absolute Gasteiger partial charge is 0.216 e. The van der Waals surface area contributed by atoms with Gasteiger partial charge in [0.1, 0.15) is 26.3 Å². The third kappa shape index (κ3) is 3.03. The lowest BCUT2D eigenvalue weighted by Gasteiger charge is -2.19. The summed E-state index contributed by atoms with van der Waals surface area (Å²) in [7, 11) is 0.142. The lowest BCUT2D eigenvalue weighted by molar-refractivity contribution is -0.660. The van der Waals surface area contributed by atoms with E-state index in [2.05, 4.69) is 109 Å². The zero-order valence-corrected chi connectivity index (χ0v) is 23.0. The summed E-state index contributed by atoms with van der Waals surface area (Å²) >= 11 is 0. The normalized spacial score (nSPS) is 13.4. The van der Waals surface area contributed by atoms with Gasteiger partial charge in [0, 0.05) is 28.5 Å². The molecule has 0 radical (unpaired) electrons. The molecule has 0 N–H and O–H groups in total. The molecule has 0 saturated carbocycles. The molecule has 6 aromatic rings. The van der Waals surface area contributed by atoms with Crippen LogP contribution in [-0.2, 0) is 7.05 Å². The minimum atomic E-state index is -1.94. The monoisotopic (exact) mass is 507 g/mol. The first-order chi connectivity index (χ1) is 18.4. The van der Waals surface area contributed by atoms with Crippen LogP contribution in [0.2, 0.25) is 13.1 Å². The van der Waals surface area contributed by atoms with E-state index in [1.54, 1.807) is 0 Å². The van der Waals surface area contributed by atoms with E-state index in [1.807, 2.05) is 18.2 Å². The Bertz CT molecular complexity index is 1990. The van der Waals surface area contributed by atoms with Crippen LogP contribution >= 0.6 is 0 Å². The summed E-state index contributed by atoms with van der Waals surface area (Å²) in [6, 6.07) is 30.1. The fraction of sp³-hybridized carbons (Fsp3) is 0.118. The van der Waals surface area contributed by atoms with Crippen molar-refractivity contribution in [1.82, 2.24) is 0 Å². The predicted molar refractivity (Wildman–Crippen MR) is 159 cm³/mol. The van der Waals surface area contributed by atoms with Gasteiger partial charge in [-0.3, -0.25) is 0 Å². The van der Waals surface area contributed by atoms with Crippen LogP contribution in [0.5, 0.6) is 0 Å². The molecule has 0 saturated heterocycles. The molecule has 4 aromatic carbocycles. The molecule has 0 fully saturated rings. The molecule has 0 unspecified atom stereocenters. The molecule has 0 amide bonds. The maximum absolute atomic E-state index is 7.74. The molecule has 3 heterocycles. The first-order valence-electron chi connectivity index (χ1n) is 13.0. The summed E-state index contributed by atoms with van der Waals surface area (Å²) in [5.74, 6) is 0. The Morgan fingerprint density at radius 1 is 0.763 bits per heavy atom. The third-order valence-electron chi connectivity index (χ3n) is 8.30. The maximum atomic E-state index is 7.74. The van der Waals surface area contributed by atoms with E-state index < -0.39 is 8.07 Å². The number of rotatable bonds is 2. The third-order valence-corrected chi connectivity index (χ3v) is 11.8. The first-order valence-corrected chi connectivity index (χ1v) is 16.0. The highest BCUT2D eigenvalue weighted by atomic mass is 28.3. The molecule has 2 aromatic heterocycles. The van der Waals surface area contributed by atoms with E-state index in [-0.39, 0.29) is 0 Å². The molecule has 0 bridgehead atoms. The number of benzene rings is 4. The van der Waals surface area contributed by atoms with Gasteiger partial charge in [0.2, 0.25) is 5.69 Å². The Hall–Kier alpha value is -4.46. The largest absolute Gasteiger partial charge is 0.454 e. The van der Waals surface area contributed by atoms with Gasteiger partial charge in [0.05, 0.1) is 12.1 Å². The van der Waals surface area contributed by atoms with Crippen LogP contribution in [0.4, 0.5) is 5.69 Å². The molecule has 0 atom stereocenters. The fourth-order valence-corrected chi connectivity index (χ4v) is 9.41. The van der Waals surface area contributed by atoms with Crippen LogP contribution in [0.25, 0.3) is 60.3 Å². The van der Waals surface area contributed by atoms with Gasteiger partial charge in [-0.25, -0.2) is 9.41 Å². The molecule has 0 spiro atoms. The molecule has 1 aliphatic rings. The second-order valence-corrected chi connectivity index (χ2v) is 15.1. The highest BCUT2D eigenvalue weighted by Gasteiger charge is 2.38. The van der Waals surface area contributed by atoms with Crippen molar-refractivity contribution in [3.63, 3.8) is 0 Å². The van der Waals surface area contributed by atoms with Crippen molar-refractivity contribution in [2.75, 3.05) is 0 Å². The number of pyridine rings is 1. The maximum Gasteiger partial charge on any atom is 0.216 e. The highest BCUT2D eigenvalue weighted by Crippen LogP contribution is 2.42. The molecule has 182 valence electrons. The molecule has 1 aliphatic heterocycles. The van der Waals surface area contributed by atoms with Gasteiger partial charge >= 0.3 is 0 Å². The van der Waals surface area contributed by atoms with Gasteiger partial charge in [0.15, 0.2) is 11.9 Å². The molecule has 3 nitrogen and oxygen atoms in total. The van der Waals surface area contributed by atoms with Crippen LogP contribution in [-0.4, -0.2) is 8.07 Å². The van der Waals surface area contributed by atoms with Crippen molar-refractivity contribution >= 4 is 46.1 Å². The zero-order valence-electron chi connectivity index (χ0n) is 22.0. The van der Waals surface area contributed by atoms with E-state index in [1.165, 1.54) is 21.5 Å². The minimum Gasteiger partial charge on any atom is -0.454 e. The number of furan rings is 1. The van der Waals surface area contributed by atoms with Gasteiger partial charge < -0.3 is 4.42 Å². The number of aryl methyl sites for hydroxylation is 2. The first kappa shape index (κ1) is 22.7. The van der Waals surface area contributed by atoms with Gasteiger partial charge in [-0.1, -0.05) is 85.0 Å². The molecule has 7 rings (SSSR count). The van der Waals surface area contributed by atoms with E-state index in [0.29, 0.717) is 0 Å². The van der Waals surface area contributed by atoms with Crippen LogP contribution in [0.1, 0.15) is 5.56 Å². The Balaban J connectivity index is 1.48. The van der Waals surface area contributed by atoms with Crippen molar-refractivity contribution in [2.24, 2.45) is 7.05 Å². The number of para-hydroxylation sites is 1. The number of nitrogens with zero attached hydrogens (tertiary/aromatic N) is 2. The predicted octanol–water partition coefficient (Wildman–Crippen LogP) is 7.41. The highest BCUT2D eigenvalue weighted by molar-refractivity contribution is 7.04. The summed E-state index contributed by atoms with van der Waals surface area (Å²) in [4.78, 5) is 3.85. The Morgan fingerprint density at radius 2 is 1.58 bits per heavy atom. The van der Waals surface area contributed by atoms with E-state index in [9.17, 15) is 0 Å². The summed E-state index contributed by atoms with van der Waals surface area (Å²) in [6.07, 6.45) is 2.08. The summed E-state index contributed by atoms with van der Waals surface area (Å²) in [5.41, 5.74) is 10.7. The van der Waals surface area contributed by atoms with E-state index in [4.69, 9.17) is 11.0 Å². The molecule has 0 aliphatic carbocycles. The van der Waals surface area contributed by atoms with Crippen LogP contribution in [0.15, 0.2) is 95.5 Å². The van der Waals surface area contributed by atoms with Gasteiger partial charge in [-0.15, -0.1) is 0 Å². The topological polar surface area (TPSA) is 21.4 Å². The number of hydrogen-bond donors (Lipinski definition) is 0. The van der Waals surface area contributed by atoms with Gasteiger partial charge in [-0.2, -0.15) is 0 Å². The number of hydrogen-bond acceptors (Lipinski definition) is 1. The average Bonchev–Trinajstić information content (AvgIpc) is 3.41. The summed E-state index contributed by atoms with van der Waals surface area (Å²) < 4.78 is 8.94. The van der Waals surface area contributed by atoms with E-state index >= 15 is 0 Å². The Kier molecular flexibility index (Phi) is 4.79. The average molecular weight is 508 g/mol. The Labute approximate surface area is 223 Å². The van der Waals surface area contributed by atoms with Crippen molar-refractivity contribution in [3.05, 3.63) is 108 Å². The lowest BCUT2D eigenvalue weighted by atomic mass is 9.97. The van der Waals surface area contributed by atoms with Crippen molar-refractivity contribution in [1.29, 1.82) is 0 Å². The second-order valence-electron chi connectivity index (χ2n) is 10.8. The van der Waals surface area contributed by atoms with Gasteiger partial charge in [-0.05, 0) is 40.4 Å². The zero-order chi connectivity index (χ0) is 26.2. The lowest BCUT2D eigenvalue weighted by Crippen LogP contribution is -2.49. The summed E-state index contributed by atoms with van der Waals surface area (Å²) in [6.45, 7) is 14.7. The number of fused-ring (bicyclic) bond motifs is 6. The Morgan fingerprint density at radius 3 is 2.39 bits per heavy atom. The van der Waals surface area contributed by atoms with Crippen molar-refractivity contribution in [3.8, 4) is 33.5 Å². The van der Waals surface area contributed by atoms with E-state index in [0.717, 1.165) is 55.6 Å². The van der Waals surface area contributed by atoms with Crippen molar-refractivity contribution < 1.29 is 8.98 Å². The standard InChI is InChI=1S/C34H27N2OSi/c1-21-15-17-25-24-11-8-10-23(33(24)37-34(25)31(21)28-13-6-7-19-36(28)3)22-16-18-26-30(20-22)38(4,5)29-14-9-12-27(35-2)32(26)29/h6-20H,1,3-5H3/q+1. The molecule has 4 heteroatoms. The van der Waals surface area contributed by atoms with Crippen molar-refractivity contribution in [2.45, 2.75) is 20.0 Å². The molecule has 38 heavy (non-hydrogen) atoms. The quantitative estimate of drug-likeness (QED) is 0.136.